The number of aliphatic hydroxyl groups excluding tert-OH is 1. The Bertz CT molecular complexity index is 222. The van der Waals surface area contributed by atoms with E-state index >= 15 is 0 Å². The fourth-order valence-corrected chi connectivity index (χ4v) is 1.91. The summed E-state index contributed by atoms with van der Waals surface area (Å²) in [5, 5.41) is 8.50. The summed E-state index contributed by atoms with van der Waals surface area (Å²) in [5.41, 5.74) is 0. The van der Waals surface area contributed by atoms with Crippen LogP contribution in [0.4, 0.5) is 0 Å². The zero-order chi connectivity index (χ0) is 15.7. The molecule has 1 heterocycles. The van der Waals surface area contributed by atoms with E-state index in [0.29, 0.717) is 59.5 Å². The van der Waals surface area contributed by atoms with Gasteiger partial charge in [0, 0.05) is 6.61 Å². The molecule has 1 rings (SSSR count). The summed E-state index contributed by atoms with van der Waals surface area (Å²) >= 11 is 0. The van der Waals surface area contributed by atoms with Gasteiger partial charge in [-0.3, -0.25) is 0 Å². The second-order valence-electron chi connectivity index (χ2n) is 4.84. The standard InChI is InChI=1S/C15H30O7/c16-4-6-17-7-8-18-9-10-19-11-12-20-13-14-22-15-3-1-2-5-21-15/h15-16H,1-14H2/t15-/m1/s1. The molecule has 1 aliphatic rings. The lowest BCUT2D eigenvalue weighted by atomic mass is 10.2. The third kappa shape index (κ3) is 12.3. The minimum Gasteiger partial charge on any atom is -0.394 e. The van der Waals surface area contributed by atoms with Crippen LogP contribution in [-0.4, -0.2) is 84.1 Å². The quantitative estimate of drug-likeness (QED) is 0.442. The Kier molecular flexibility index (Phi) is 14.0. The molecule has 0 saturated carbocycles. The van der Waals surface area contributed by atoms with Gasteiger partial charge in [0.05, 0.1) is 66.1 Å². The van der Waals surface area contributed by atoms with Crippen molar-refractivity contribution in [1.82, 2.24) is 0 Å². The topological polar surface area (TPSA) is 75.6 Å². The molecule has 0 bridgehead atoms. The number of aliphatic hydroxyl groups is 1. The molecule has 1 atom stereocenters. The molecule has 0 aromatic heterocycles. The normalized spacial score (nSPS) is 18.7. The third-order valence-corrected chi connectivity index (χ3v) is 3.02. The van der Waals surface area contributed by atoms with Gasteiger partial charge < -0.3 is 33.5 Å². The summed E-state index contributed by atoms with van der Waals surface area (Å²) in [6.45, 7) is 5.49. The van der Waals surface area contributed by atoms with Gasteiger partial charge in [0.2, 0.25) is 0 Å². The Hall–Kier alpha value is -0.280. The highest BCUT2D eigenvalue weighted by molar-refractivity contribution is 4.53. The maximum absolute atomic E-state index is 8.50. The van der Waals surface area contributed by atoms with E-state index in [-0.39, 0.29) is 12.9 Å². The molecule has 132 valence electrons. The van der Waals surface area contributed by atoms with Gasteiger partial charge in [-0.05, 0) is 19.3 Å². The summed E-state index contributed by atoms with van der Waals surface area (Å²) < 4.78 is 32.1. The molecule has 1 saturated heterocycles. The van der Waals surface area contributed by atoms with Gasteiger partial charge in [0.15, 0.2) is 6.29 Å². The molecule has 0 radical (unpaired) electrons. The van der Waals surface area contributed by atoms with E-state index in [4.69, 9.17) is 33.5 Å². The lowest BCUT2D eigenvalue weighted by Crippen LogP contribution is -2.24. The second-order valence-corrected chi connectivity index (χ2v) is 4.84. The highest BCUT2D eigenvalue weighted by atomic mass is 16.7. The van der Waals surface area contributed by atoms with Crippen LogP contribution in [0.25, 0.3) is 0 Å². The highest BCUT2D eigenvalue weighted by Gasteiger charge is 2.13. The predicted octanol–water partition coefficient (Wildman–Crippen LogP) is 0.588. The summed E-state index contributed by atoms with van der Waals surface area (Å²) in [6, 6.07) is 0. The number of ether oxygens (including phenoxy) is 6. The van der Waals surface area contributed by atoms with Gasteiger partial charge >= 0.3 is 0 Å². The third-order valence-electron chi connectivity index (χ3n) is 3.02. The van der Waals surface area contributed by atoms with E-state index in [1.807, 2.05) is 0 Å². The predicted molar refractivity (Wildman–Crippen MR) is 79.9 cm³/mol. The highest BCUT2D eigenvalue weighted by Crippen LogP contribution is 2.13. The maximum atomic E-state index is 8.50. The Morgan fingerprint density at radius 1 is 0.727 bits per heavy atom. The lowest BCUT2D eigenvalue weighted by molar-refractivity contribution is -0.169. The van der Waals surface area contributed by atoms with E-state index in [9.17, 15) is 0 Å². The van der Waals surface area contributed by atoms with Crippen molar-refractivity contribution in [1.29, 1.82) is 0 Å². The number of hydrogen-bond donors (Lipinski definition) is 1. The fourth-order valence-electron chi connectivity index (χ4n) is 1.91. The van der Waals surface area contributed by atoms with Gasteiger partial charge in [0.25, 0.3) is 0 Å². The van der Waals surface area contributed by atoms with E-state index in [0.717, 1.165) is 19.4 Å². The number of rotatable bonds is 15. The average Bonchev–Trinajstić information content (AvgIpc) is 2.56. The minimum absolute atomic E-state index is 0.0435. The van der Waals surface area contributed by atoms with Gasteiger partial charge in [-0.15, -0.1) is 0 Å². The molecular weight excluding hydrogens is 292 g/mol. The minimum atomic E-state index is -0.0490. The van der Waals surface area contributed by atoms with Gasteiger partial charge in [0.1, 0.15) is 0 Å². The lowest BCUT2D eigenvalue weighted by Gasteiger charge is -2.22. The molecule has 0 aromatic rings. The van der Waals surface area contributed by atoms with Crippen LogP contribution in [0, 0.1) is 0 Å². The molecule has 22 heavy (non-hydrogen) atoms. The van der Waals surface area contributed by atoms with Gasteiger partial charge in [-0.1, -0.05) is 0 Å². The van der Waals surface area contributed by atoms with E-state index in [1.54, 1.807) is 0 Å². The molecule has 0 aromatic carbocycles. The first kappa shape index (κ1) is 19.8. The van der Waals surface area contributed by atoms with Crippen LogP contribution < -0.4 is 0 Å². The van der Waals surface area contributed by atoms with Crippen molar-refractivity contribution in [3.05, 3.63) is 0 Å². The van der Waals surface area contributed by atoms with Gasteiger partial charge in [-0.25, -0.2) is 0 Å². The first-order chi connectivity index (χ1) is 10.9. The van der Waals surface area contributed by atoms with Crippen molar-refractivity contribution in [2.75, 3.05) is 72.7 Å². The Morgan fingerprint density at radius 3 is 1.77 bits per heavy atom. The maximum Gasteiger partial charge on any atom is 0.157 e. The smallest absolute Gasteiger partial charge is 0.157 e. The Morgan fingerprint density at radius 2 is 1.27 bits per heavy atom. The largest absolute Gasteiger partial charge is 0.394 e. The molecule has 0 aliphatic carbocycles. The molecule has 0 spiro atoms. The molecule has 7 heteroatoms. The fraction of sp³-hybridized carbons (Fsp3) is 1.00. The molecule has 0 amide bonds. The molecule has 1 N–H and O–H groups in total. The summed E-state index contributed by atoms with van der Waals surface area (Å²) in [4.78, 5) is 0. The summed E-state index contributed by atoms with van der Waals surface area (Å²) in [7, 11) is 0. The number of hydrogen-bond acceptors (Lipinski definition) is 7. The Balaban J connectivity index is 1.68. The van der Waals surface area contributed by atoms with E-state index in [2.05, 4.69) is 0 Å². The average molecular weight is 322 g/mol. The van der Waals surface area contributed by atoms with Crippen LogP contribution >= 0.6 is 0 Å². The van der Waals surface area contributed by atoms with Crippen LogP contribution in [0.3, 0.4) is 0 Å². The summed E-state index contributed by atoms with van der Waals surface area (Å²) in [6.07, 6.45) is 3.24. The van der Waals surface area contributed by atoms with E-state index < -0.39 is 0 Å². The van der Waals surface area contributed by atoms with Crippen molar-refractivity contribution in [3.8, 4) is 0 Å². The monoisotopic (exact) mass is 322 g/mol. The SMILES string of the molecule is OCCOCCOCCOCCOCCO[C@@H]1CCCCO1. The van der Waals surface area contributed by atoms with Crippen molar-refractivity contribution in [2.45, 2.75) is 25.6 Å². The second kappa shape index (κ2) is 15.6. The summed E-state index contributed by atoms with van der Waals surface area (Å²) in [5.74, 6) is 0. The van der Waals surface area contributed by atoms with Crippen molar-refractivity contribution in [3.63, 3.8) is 0 Å². The zero-order valence-corrected chi connectivity index (χ0v) is 13.4. The van der Waals surface area contributed by atoms with Crippen molar-refractivity contribution >= 4 is 0 Å². The Labute approximate surface area is 132 Å². The first-order valence-electron chi connectivity index (χ1n) is 8.08. The van der Waals surface area contributed by atoms with Crippen LogP contribution in [0.2, 0.25) is 0 Å². The van der Waals surface area contributed by atoms with Crippen LogP contribution in [-0.2, 0) is 28.4 Å². The van der Waals surface area contributed by atoms with Crippen molar-refractivity contribution in [2.24, 2.45) is 0 Å². The van der Waals surface area contributed by atoms with Crippen LogP contribution in [0.5, 0.6) is 0 Å². The molecule has 7 nitrogen and oxygen atoms in total. The first-order valence-corrected chi connectivity index (χ1v) is 8.08. The van der Waals surface area contributed by atoms with E-state index in [1.165, 1.54) is 6.42 Å². The molecular formula is C15H30O7. The molecule has 0 unspecified atom stereocenters. The molecule has 1 fully saturated rings. The molecule has 1 aliphatic heterocycles. The van der Waals surface area contributed by atoms with Gasteiger partial charge in [-0.2, -0.15) is 0 Å². The van der Waals surface area contributed by atoms with Crippen LogP contribution in [0.1, 0.15) is 19.3 Å². The van der Waals surface area contributed by atoms with Crippen LogP contribution in [0.15, 0.2) is 0 Å². The van der Waals surface area contributed by atoms with Crippen molar-refractivity contribution < 1.29 is 33.5 Å². The zero-order valence-electron chi connectivity index (χ0n) is 13.4.